The van der Waals surface area contributed by atoms with Gasteiger partial charge in [0.1, 0.15) is 0 Å². The Labute approximate surface area is 93.8 Å². The van der Waals surface area contributed by atoms with E-state index in [0.717, 1.165) is 25.7 Å². The number of carbonyl (C=O) groups excluding carboxylic acids is 1. The molecule has 0 aromatic rings. The third-order valence-electron chi connectivity index (χ3n) is 3.50. The third-order valence-corrected chi connectivity index (χ3v) is 3.50. The molecule has 0 spiro atoms. The SMILES string of the molecule is O=C(O)C1CC1C(=O)N[C@H]1CCCC[C@@H]1O. The Morgan fingerprint density at radius 2 is 1.81 bits per heavy atom. The third kappa shape index (κ3) is 2.35. The molecule has 2 saturated carbocycles. The van der Waals surface area contributed by atoms with Gasteiger partial charge in [0.2, 0.25) is 5.91 Å². The largest absolute Gasteiger partial charge is 0.481 e. The first-order chi connectivity index (χ1) is 7.59. The number of carboxylic acid groups (broad SMARTS) is 1. The molecule has 90 valence electrons. The van der Waals surface area contributed by atoms with E-state index in [1.165, 1.54) is 0 Å². The van der Waals surface area contributed by atoms with Crippen molar-refractivity contribution in [2.24, 2.45) is 11.8 Å². The summed E-state index contributed by atoms with van der Waals surface area (Å²) in [6.45, 7) is 0. The molecule has 2 aliphatic rings. The predicted molar refractivity (Wildman–Crippen MR) is 55.6 cm³/mol. The molecule has 0 radical (unpaired) electrons. The molecule has 3 N–H and O–H groups in total. The van der Waals surface area contributed by atoms with E-state index in [1.54, 1.807) is 0 Å². The van der Waals surface area contributed by atoms with Crippen molar-refractivity contribution in [2.75, 3.05) is 0 Å². The second-order valence-corrected chi connectivity index (χ2v) is 4.75. The molecule has 2 unspecified atom stereocenters. The topological polar surface area (TPSA) is 86.6 Å². The molecule has 0 saturated heterocycles. The van der Waals surface area contributed by atoms with Crippen LogP contribution in [0, 0.1) is 11.8 Å². The van der Waals surface area contributed by atoms with E-state index in [-0.39, 0.29) is 17.9 Å². The summed E-state index contributed by atoms with van der Waals surface area (Å²) in [6, 6.07) is -0.184. The number of amides is 1. The fraction of sp³-hybridized carbons (Fsp3) is 0.818. The Kier molecular flexibility index (Phi) is 3.14. The van der Waals surface area contributed by atoms with Gasteiger partial charge in [-0.2, -0.15) is 0 Å². The van der Waals surface area contributed by atoms with Crippen molar-refractivity contribution in [2.45, 2.75) is 44.2 Å². The van der Waals surface area contributed by atoms with Gasteiger partial charge in [0.15, 0.2) is 0 Å². The van der Waals surface area contributed by atoms with Crippen LogP contribution in [0.5, 0.6) is 0 Å². The first-order valence-electron chi connectivity index (χ1n) is 5.81. The number of hydrogen-bond donors (Lipinski definition) is 3. The van der Waals surface area contributed by atoms with Crippen molar-refractivity contribution in [3.05, 3.63) is 0 Å². The van der Waals surface area contributed by atoms with Gasteiger partial charge in [0.25, 0.3) is 0 Å². The fourth-order valence-corrected chi connectivity index (χ4v) is 2.33. The van der Waals surface area contributed by atoms with Gasteiger partial charge in [-0.15, -0.1) is 0 Å². The lowest BCUT2D eigenvalue weighted by molar-refractivity contribution is -0.140. The van der Waals surface area contributed by atoms with Crippen molar-refractivity contribution in [1.82, 2.24) is 5.32 Å². The lowest BCUT2D eigenvalue weighted by Crippen LogP contribution is -2.45. The molecule has 2 aliphatic carbocycles. The summed E-state index contributed by atoms with van der Waals surface area (Å²) in [5, 5.41) is 21.1. The first kappa shape index (κ1) is 11.4. The number of aliphatic carboxylic acids is 1. The highest BCUT2D eigenvalue weighted by molar-refractivity contribution is 5.89. The van der Waals surface area contributed by atoms with Gasteiger partial charge in [0, 0.05) is 0 Å². The Bertz CT molecular complexity index is 304. The maximum Gasteiger partial charge on any atom is 0.307 e. The molecule has 1 amide bonds. The van der Waals surface area contributed by atoms with Crippen LogP contribution < -0.4 is 5.32 Å². The van der Waals surface area contributed by atoms with E-state index in [2.05, 4.69) is 5.32 Å². The molecule has 0 aliphatic heterocycles. The second kappa shape index (κ2) is 4.41. The lowest BCUT2D eigenvalue weighted by atomic mass is 9.92. The second-order valence-electron chi connectivity index (χ2n) is 4.75. The van der Waals surface area contributed by atoms with Gasteiger partial charge < -0.3 is 15.5 Å². The van der Waals surface area contributed by atoms with Crippen LogP contribution >= 0.6 is 0 Å². The lowest BCUT2D eigenvalue weighted by Gasteiger charge is -2.28. The van der Waals surface area contributed by atoms with Crippen LogP contribution in [-0.2, 0) is 9.59 Å². The number of carboxylic acids is 1. The number of carbonyl (C=O) groups is 2. The van der Waals surface area contributed by atoms with E-state index in [9.17, 15) is 14.7 Å². The zero-order chi connectivity index (χ0) is 11.7. The van der Waals surface area contributed by atoms with Crippen LogP contribution in [0.3, 0.4) is 0 Å². The molecule has 0 heterocycles. The van der Waals surface area contributed by atoms with Crippen molar-refractivity contribution in [1.29, 1.82) is 0 Å². The predicted octanol–water partition coefficient (Wildman–Crippen LogP) is 0.127. The summed E-state index contributed by atoms with van der Waals surface area (Å²) in [6.07, 6.45) is 3.48. The average Bonchev–Trinajstić information content (AvgIpc) is 3.01. The summed E-state index contributed by atoms with van der Waals surface area (Å²) < 4.78 is 0. The van der Waals surface area contributed by atoms with E-state index in [0.29, 0.717) is 6.42 Å². The molecule has 2 fully saturated rings. The van der Waals surface area contributed by atoms with Crippen molar-refractivity contribution >= 4 is 11.9 Å². The van der Waals surface area contributed by atoms with Gasteiger partial charge in [0.05, 0.1) is 24.0 Å². The number of aliphatic hydroxyl groups is 1. The number of rotatable bonds is 3. The smallest absolute Gasteiger partial charge is 0.307 e. The molecule has 5 nitrogen and oxygen atoms in total. The normalized spacial score (nSPS) is 37.8. The molecule has 5 heteroatoms. The van der Waals surface area contributed by atoms with E-state index < -0.39 is 18.0 Å². The Morgan fingerprint density at radius 3 is 2.38 bits per heavy atom. The fourth-order valence-electron chi connectivity index (χ4n) is 2.33. The zero-order valence-electron chi connectivity index (χ0n) is 9.06. The Balaban J connectivity index is 1.81. The molecule has 0 aromatic carbocycles. The summed E-state index contributed by atoms with van der Waals surface area (Å²) in [5.41, 5.74) is 0. The molecule has 16 heavy (non-hydrogen) atoms. The number of hydrogen-bond acceptors (Lipinski definition) is 3. The molecular weight excluding hydrogens is 210 g/mol. The molecule has 0 bridgehead atoms. The minimum absolute atomic E-state index is 0.184. The minimum atomic E-state index is -0.899. The van der Waals surface area contributed by atoms with Crippen LogP contribution in [0.4, 0.5) is 0 Å². The highest BCUT2D eigenvalue weighted by Gasteiger charge is 2.48. The molecule has 4 atom stereocenters. The highest BCUT2D eigenvalue weighted by atomic mass is 16.4. The van der Waals surface area contributed by atoms with Crippen molar-refractivity contribution < 1.29 is 19.8 Å². The standard InChI is InChI=1S/C11H17NO4/c13-9-4-2-1-3-8(9)12-10(14)6-5-7(6)11(15)16/h6-9,13H,1-5H2,(H,12,14)(H,15,16)/t6?,7?,8-,9-/m0/s1. The van der Waals surface area contributed by atoms with Crippen LogP contribution in [0.15, 0.2) is 0 Å². The van der Waals surface area contributed by atoms with Crippen molar-refractivity contribution in [3.63, 3.8) is 0 Å². The molecule has 0 aromatic heterocycles. The maximum atomic E-state index is 11.6. The van der Waals surface area contributed by atoms with Gasteiger partial charge in [-0.05, 0) is 19.3 Å². The summed E-state index contributed by atoms with van der Waals surface area (Å²) in [7, 11) is 0. The van der Waals surface area contributed by atoms with E-state index >= 15 is 0 Å². The van der Waals surface area contributed by atoms with Gasteiger partial charge in [-0.1, -0.05) is 12.8 Å². The monoisotopic (exact) mass is 227 g/mol. The minimum Gasteiger partial charge on any atom is -0.481 e. The van der Waals surface area contributed by atoms with Crippen LogP contribution in [0.2, 0.25) is 0 Å². The molecular formula is C11H17NO4. The number of aliphatic hydroxyl groups excluding tert-OH is 1. The van der Waals surface area contributed by atoms with E-state index in [4.69, 9.17) is 5.11 Å². The average molecular weight is 227 g/mol. The van der Waals surface area contributed by atoms with Crippen LogP contribution in [0.1, 0.15) is 32.1 Å². The quantitative estimate of drug-likeness (QED) is 0.639. The van der Waals surface area contributed by atoms with Gasteiger partial charge in [-0.3, -0.25) is 9.59 Å². The Morgan fingerprint density at radius 1 is 1.12 bits per heavy atom. The first-order valence-corrected chi connectivity index (χ1v) is 5.81. The highest BCUT2D eigenvalue weighted by Crippen LogP contribution is 2.39. The van der Waals surface area contributed by atoms with Crippen molar-refractivity contribution in [3.8, 4) is 0 Å². The van der Waals surface area contributed by atoms with Gasteiger partial charge in [-0.25, -0.2) is 0 Å². The zero-order valence-corrected chi connectivity index (χ0v) is 9.06. The number of nitrogens with one attached hydrogen (secondary N) is 1. The summed E-state index contributed by atoms with van der Waals surface area (Å²) in [4.78, 5) is 22.3. The maximum absolute atomic E-state index is 11.6. The van der Waals surface area contributed by atoms with Gasteiger partial charge >= 0.3 is 5.97 Å². The van der Waals surface area contributed by atoms with Crippen LogP contribution in [0.25, 0.3) is 0 Å². The summed E-state index contributed by atoms with van der Waals surface area (Å²) in [5.74, 6) is -2.00. The van der Waals surface area contributed by atoms with E-state index in [1.807, 2.05) is 0 Å². The summed E-state index contributed by atoms with van der Waals surface area (Å²) >= 11 is 0. The van der Waals surface area contributed by atoms with Crippen LogP contribution in [-0.4, -0.2) is 34.2 Å². The molecule has 2 rings (SSSR count). The Hall–Kier alpha value is -1.10.